The number of anilines is 1. The fourth-order valence-corrected chi connectivity index (χ4v) is 1.77. The van der Waals surface area contributed by atoms with Gasteiger partial charge in [-0.2, -0.15) is 0 Å². The summed E-state index contributed by atoms with van der Waals surface area (Å²) in [7, 11) is 0. The lowest BCUT2D eigenvalue weighted by Crippen LogP contribution is -2.37. The van der Waals surface area contributed by atoms with Gasteiger partial charge >= 0.3 is 0 Å². The van der Waals surface area contributed by atoms with Crippen molar-refractivity contribution in [1.29, 1.82) is 0 Å². The summed E-state index contributed by atoms with van der Waals surface area (Å²) >= 11 is 0. The van der Waals surface area contributed by atoms with Crippen molar-refractivity contribution in [3.8, 4) is 0 Å². The standard InChI is InChI=1S/C13H20N2O/c1-5-15(9(2)3)13(16)11-7-6-10(4)8-12(11)14/h6-9H,5,14H2,1-4H3. The molecule has 0 aliphatic rings. The lowest BCUT2D eigenvalue weighted by Gasteiger charge is -2.25. The Kier molecular flexibility index (Phi) is 3.93. The van der Waals surface area contributed by atoms with Crippen LogP contribution in [0.15, 0.2) is 18.2 Å². The topological polar surface area (TPSA) is 46.3 Å². The number of hydrogen-bond donors (Lipinski definition) is 1. The predicted octanol–water partition coefficient (Wildman–Crippen LogP) is 2.45. The molecule has 0 fully saturated rings. The normalized spacial score (nSPS) is 10.6. The fourth-order valence-electron chi connectivity index (χ4n) is 1.77. The van der Waals surface area contributed by atoms with Gasteiger partial charge in [-0.25, -0.2) is 0 Å². The van der Waals surface area contributed by atoms with Gasteiger partial charge in [-0.1, -0.05) is 6.07 Å². The van der Waals surface area contributed by atoms with Crippen LogP contribution in [0.3, 0.4) is 0 Å². The van der Waals surface area contributed by atoms with Crippen LogP contribution in [0.2, 0.25) is 0 Å². The van der Waals surface area contributed by atoms with Gasteiger partial charge in [0, 0.05) is 18.3 Å². The van der Waals surface area contributed by atoms with Crippen LogP contribution < -0.4 is 5.73 Å². The maximum atomic E-state index is 12.2. The van der Waals surface area contributed by atoms with E-state index >= 15 is 0 Å². The quantitative estimate of drug-likeness (QED) is 0.795. The molecule has 1 aromatic rings. The van der Waals surface area contributed by atoms with E-state index in [0.717, 1.165) is 5.56 Å². The molecule has 0 spiro atoms. The molecule has 2 N–H and O–H groups in total. The summed E-state index contributed by atoms with van der Waals surface area (Å²) in [4.78, 5) is 14.0. The average Bonchev–Trinajstić information content (AvgIpc) is 2.17. The van der Waals surface area contributed by atoms with Gasteiger partial charge in [-0.3, -0.25) is 4.79 Å². The first kappa shape index (κ1) is 12.6. The van der Waals surface area contributed by atoms with Crippen molar-refractivity contribution < 1.29 is 4.79 Å². The van der Waals surface area contributed by atoms with E-state index in [1.807, 2.05) is 39.8 Å². The third-order valence-corrected chi connectivity index (χ3v) is 2.66. The van der Waals surface area contributed by atoms with Gasteiger partial charge in [0.1, 0.15) is 0 Å². The van der Waals surface area contributed by atoms with E-state index < -0.39 is 0 Å². The number of nitrogens with two attached hydrogens (primary N) is 1. The molecule has 1 rings (SSSR count). The van der Waals surface area contributed by atoms with Crippen LogP contribution in [0.25, 0.3) is 0 Å². The SMILES string of the molecule is CCN(C(=O)c1ccc(C)cc1N)C(C)C. The molecular formula is C13H20N2O. The number of nitrogens with zero attached hydrogens (tertiary/aromatic N) is 1. The highest BCUT2D eigenvalue weighted by atomic mass is 16.2. The van der Waals surface area contributed by atoms with E-state index in [2.05, 4.69) is 0 Å². The number of hydrogen-bond acceptors (Lipinski definition) is 2. The maximum absolute atomic E-state index is 12.2. The van der Waals surface area contributed by atoms with E-state index in [0.29, 0.717) is 17.8 Å². The molecule has 3 heteroatoms. The molecule has 3 nitrogen and oxygen atoms in total. The summed E-state index contributed by atoms with van der Waals surface area (Å²) in [6.07, 6.45) is 0. The van der Waals surface area contributed by atoms with Gasteiger partial charge in [0.05, 0.1) is 5.56 Å². The Morgan fingerprint density at radius 2 is 2.06 bits per heavy atom. The van der Waals surface area contributed by atoms with Crippen molar-refractivity contribution in [1.82, 2.24) is 4.90 Å². The monoisotopic (exact) mass is 220 g/mol. The number of amides is 1. The number of rotatable bonds is 3. The molecule has 0 saturated heterocycles. The molecule has 1 aromatic carbocycles. The Hall–Kier alpha value is -1.51. The minimum atomic E-state index is 0.00926. The highest BCUT2D eigenvalue weighted by Gasteiger charge is 2.18. The van der Waals surface area contributed by atoms with Gasteiger partial charge in [-0.15, -0.1) is 0 Å². The van der Waals surface area contributed by atoms with Gasteiger partial charge < -0.3 is 10.6 Å². The second-order valence-corrected chi connectivity index (χ2v) is 4.28. The molecule has 0 unspecified atom stereocenters. The van der Waals surface area contributed by atoms with Crippen molar-refractivity contribution in [2.45, 2.75) is 33.7 Å². The zero-order valence-corrected chi connectivity index (χ0v) is 10.4. The largest absolute Gasteiger partial charge is 0.398 e. The van der Waals surface area contributed by atoms with Gasteiger partial charge in [0.2, 0.25) is 0 Å². The summed E-state index contributed by atoms with van der Waals surface area (Å²) in [6.45, 7) is 8.65. The molecule has 0 aliphatic carbocycles. The van der Waals surface area contributed by atoms with Crippen molar-refractivity contribution in [2.24, 2.45) is 0 Å². The summed E-state index contributed by atoms with van der Waals surface area (Å²) in [5.74, 6) is 0.00926. The van der Waals surface area contributed by atoms with E-state index in [1.54, 1.807) is 11.0 Å². The van der Waals surface area contributed by atoms with Crippen LogP contribution in [0.5, 0.6) is 0 Å². The molecular weight excluding hydrogens is 200 g/mol. The highest BCUT2D eigenvalue weighted by molar-refractivity contribution is 5.99. The summed E-state index contributed by atoms with van der Waals surface area (Å²) in [5.41, 5.74) is 8.10. The van der Waals surface area contributed by atoms with Crippen LogP contribution in [-0.4, -0.2) is 23.4 Å². The van der Waals surface area contributed by atoms with E-state index in [4.69, 9.17) is 5.73 Å². The molecule has 0 aliphatic heterocycles. The third kappa shape index (κ3) is 2.54. The molecule has 0 atom stereocenters. The first-order valence-corrected chi connectivity index (χ1v) is 5.64. The Balaban J connectivity index is 3.04. The Bertz CT molecular complexity index is 386. The minimum absolute atomic E-state index is 0.00926. The number of benzene rings is 1. The van der Waals surface area contributed by atoms with E-state index in [-0.39, 0.29) is 11.9 Å². The molecule has 0 aromatic heterocycles. The first-order valence-electron chi connectivity index (χ1n) is 5.64. The maximum Gasteiger partial charge on any atom is 0.256 e. The Morgan fingerprint density at radius 3 is 2.50 bits per heavy atom. The molecule has 1 amide bonds. The van der Waals surface area contributed by atoms with E-state index in [9.17, 15) is 4.79 Å². The fraction of sp³-hybridized carbons (Fsp3) is 0.462. The van der Waals surface area contributed by atoms with Crippen molar-refractivity contribution >= 4 is 11.6 Å². The highest BCUT2D eigenvalue weighted by Crippen LogP contribution is 2.17. The lowest BCUT2D eigenvalue weighted by molar-refractivity contribution is 0.0718. The number of carbonyl (C=O) groups excluding carboxylic acids is 1. The minimum Gasteiger partial charge on any atom is -0.398 e. The van der Waals surface area contributed by atoms with Crippen LogP contribution in [0, 0.1) is 6.92 Å². The van der Waals surface area contributed by atoms with Gasteiger partial charge in [0.15, 0.2) is 0 Å². The number of carbonyl (C=O) groups is 1. The van der Waals surface area contributed by atoms with Gasteiger partial charge in [0.25, 0.3) is 5.91 Å². The van der Waals surface area contributed by atoms with Crippen LogP contribution in [0.4, 0.5) is 5.69 Å². The van der Waals surface area contributed by atoms with E-state index in [1.165, 1.54) is 0 Å². The molecule has 0 bridgehead atoms. The number of aryl methyl sites for hydroxylation is 1. The lowest BCUT2D eigenvalue weighted by atomic mass is 10.1. The average molecular weight is 220 g/mol. The van der Waals surface area contributed by atoms with Crippen LogP contribution in [-0.2, 0) is 0 Å². The molecule has 0 radical (unpaired) electrons. The van der Waals surface area contributed by atoms with Gasteiger partial charge in [-0.05, 0) is 45.4 Å². The number of nitrogen functional groups attached to an aromatic ring is 1. The van der Waals surface area contributed by atoms with Crippen molar-refractivity contribution in [2.75, 3.05) is 12.3 Å². The summed E-state index contributed by atoms with van der Waals surface area (Å²) < 4.78 is 0. The Morgan fingerprint density at radius 1 is 1.44 bits per heavy atom. The van der Waals surface area contributed by atoms with Crippen molar-refractivity contribution in [3.05, 3.63) is 29.3 Å². The molecule has 0 heterocycles. The molecule has 0 saturated carbocycles. The molecule has 88 valence electrons. The Labute approximate surface area is 97.2 Å². The second-order valence-electron chi connectivity index (χ2n) is 4.28. The third-order valence-electron chi connectivity index (χ3n) is 2.66. The predicted molar refractivity (Wildman–Crippen MR) is 67.4 cm³/mol. The zero-order chi connectivity index (χ0) is 12.3. The zero-order valence-electron chi connectivity index (χ0n) is 10.4. The smallest absolute Gasteiger partial charge is 0.256 e. The molecule has 16 heavy (non-hydrogen) atoms. The van der Waals surface area contributed by atoms with Crippen LogP contribution >= 0.6 is 0 Å². The summed E-state index contributed by atoms with van der Waals surface area (Å²) in [6, 6.07) is 5.75. The van der Waals surface area contributed by atoms with Crippen molar-refractivity contribution in [3.63, 3.8) is 0 Å². The van der Waals surface area contributed by atoms with Crippen LogP contribution in [0.1, 0.15) is 36.7 Å². The summed E-state index contributed by atoms with van der Waals surface area (Å²) in [5, 5.41) is 0. The first-order chi connectivity index (χ1) is 7.47. The second kappa shape index (κ2) is 5.01.